The van der Waals surface area contributed by atoms with Crippen LogP contribution in [0.25, 0.3) is 0 Å². The van der Waals surface area contributed by atoms with Crippen molar-refractivity contribution in [2.24, 2.45) is 22.5 Å². The molecule has 1 aliphatic rings. The van der Waals surface area contributed by atoms with Gasteiger partial charge >= 0.3 is 5.97 Å². The molecule has 1 aliphatic carbocycles. The maximum Gasteiger partial charge on any atom is 0.324 e. The van der Waals surface area contributed by atoms with Gasteiger partial charge in [0.1, 0.15) is 11.3 Å². The first-order valence-corrected chi connectivity index (χ1v) is 9.57. The lowest BCUT2D eigenvalue weighted by atomic mass is 9.53. The number of benzene rings is 1. The van der Waals surface area contributed by atoms with Crippen molar-refractivity contribution in [3.8, 4) is 0 Å². The molecular weight excluding hydrogens is 373 g/mol. The van der Waals surface area contributed by atoms with Crippen molar-refractivity contribution in [1.29, 1.82) is 0 Å². The Morgan fingerprint density at radius 1 is 1.27 bits per heavy atom. The summed E-state index contributed by atoms with van der Waals surface area (Å²) >= 11 is 12.4. The third kappa shape index (κ3) is 3.64. The monoisotopic (exact) mass is 399 g/mol. The van der Waals surface area contributed by atoms with Crippen LogP contribution in [-0.2, 0) is 16.0 Å². The smallest absolute Gasteiger partial charge is 0.324 e. The quantitative estimate of drug-likeness (QED) is 0.765. The lowest BCUT2D eigenvalue weighted by Gasteiger charge is -2.51. The van der Waals surface area contributed by atoms with Crippen LogP contribution in [0.2, 0.25) is 10.0 Å². The molecule has 0 heterocycles. The number of carboxylic acids is 1. The topological polar surface area (TPSA) is 80.4 Å². The summed E-state index contributed by atoms with van der Waals surface area (Å²) in [6.07, 6.45) is 1.35. The van der Waals surface area contributed by atoms with Crippen LogP contribution in [0.4, 0.5) is 0 Å². The average molecular weight is 400 g/mol. The van der Waals surface area contributed by atoms with Crippen molar-refractivity contribution >= 4 is 35.0 Å². The predicted molar refractivity (Wildman–Crippen MR) is 105 cm³/mol. The Bertz CT molecular complexity index is 708. The van der Waals surface area contributed by atoms with Crippen LogP contribution in [0, 0.1) is 16.7 Å². The summed E-state index contributed by atoms with van der Waals surface area (Å²) in [4.78, 5) is 25.3. The van der Waals surface area contributed by atoms with Crippen molar-refractivity contribution < 1.29 is 14.7 Å². The Labute approximate surface area is 165 Å². The molecule has 0 spiro atoms. The molecule has 1 saturated carbocycles. The number of carboxylic acid groups (broad SMARTS) is 1. The van der Waals surface area contributed by atoms with Gasteiger partial charge in [0.25, 0.3) is 0 Å². The molecule has 3 atom stereocenters. The van der Waals surface area contributed by atoms with Gasteiger partial charge in [0.05, 0.1) is 5.41 Å². The van der Waals surface area contributed by atoms with E-state index in [0.717, 1.165) is 0 Å². The van der Waals surface area contributed by atoms with Gasteiger partial charge in [0.15, 0.2) is 0 Å². The highest BCUT2D eigenvalue weighted by Crippen LogP contribution is 2.51. The maximum atomic E-state index is 13.3. The number of halogens is 2. The zero-order valence-electron chi connectivity index (χ0n) is 15.7. The standard InChI is InChI=1S/C20H27Cl2NO3/c1-18(2,3)12-8-9-20(23,17(25)26)19(4,11-12)16(24)10-13-14(21)6-5-7-15(13)22/h5-7,12H,8-11,23H2,1-4H3,(H,25,26). The van der Waals surface area contributed by atoms with E-state index < -0.39 is 16.9 Å². The first kappa shape index (κ1) is 21.2. The maximum absolute atomic E-state index is 13.3. The molecular formula is C20H27Cl2NO3. The fourth-order valence-electron chi connectivity index (χ4n) is 3.96. The van der Waals surface area contributed by atoms with Crippen LogP contribution in [0.15, 0.2) is 18.2 Å². The van der Waals surface area contributed by atoms with Gasteiger partial charge in [-0.15, -0.1) is 0 Å². The number of Topliss-reactive ketones (excluding diaryl/α,β-unsaturated/α-hetero) is 1. The van der Waals surface area contributed by atoms with Gasteiger partial charge in [-0.1, -0.05) is 57.0 Å². The molecule has 2 rings (SSSR count). The van der Waals surface area contributed by atoms with E-state index in [4.69, 9.17) is 28.9 Å². The fourth-order valence-corrected chi connectivity index (χ4v) is 4.49. The van der Waals surface area contributed by atoms with Crippen LogP contribution in [0.1, 0.15) is 52.5 Å². The van der Waals surface area contributed by atoms with Gasteiger partial charge in [-0.3, -0.25) is 9.59 Å². The van der Waals surface area contributed by atoms with E-state index in [1.54, 1.807) is 25.1 Å². The second-order valence-electron chi connectivity index (χ2n) is 8.71. The molecule has 0 bridgehead atoms. The van der Waals surface area contributed by atoms with E-state index in [1.807, 2.05) is 0 Å². The number of ketones is 1. The summed E-state index contributed by atoms with van der Waals surface area (Å²) in [5.74, 6) is -1.16. The van der Waals surface area contributed by atoms with Crippen molar-refractivity contribution in [2.45, 2.75) is 58.9 Å². The van der Waals surface area contributed by atoms with Crippen LogP contribution in [0.3, 0.4) is 0 Å². The molecule has 0 radical (unpaired) electrons. The summed E-state index contributed by atoms with van der Waals surface area (Å²) in [6.45, 7) is 8.01. The molecule has 0 aliphatic heterocycles. The number of hydrogen-bond donors (Lipinski definition) is 2. The zero-order valence-corrected chi connectivity index (χ0v) is 17.2. The molecule has 0 saturated heterocycles. The molecule has 6 heteroatoms. The van der Waals surface area contributed by atoms with Crippen LogP contribution in [-0.4, -0.2) is 22.4 Å². The minimum Gasteiger partial charge on any atom is -0.480 e. The molecule has 144 valence electrons. The molecule has 26 heavy (non-hydrogen) atoms. The van der Waals surface area contributed by atoms with Gasteiger partial charge in [-0.2, -0.15) is 0 Å². The van der Waals surface area contributed by atoms with E-state index in [0.29, 0.717) is 28.5 Å². The molecule has 1 aromatic carbocycles. The first-order valence-electron chi connectivity index (χ1n) is 8.81. The van der Waals surface area contributed by atoms with E-state index in [1.165, 1.54) is 0 Å². The van der Waals surface area contributed by atoms with Crippen molar-refractivity contribution in [3.63, 3.8) is 0 Å². The summed E-state index contributed by atoms with van der Waals surface area (Å²) in [5.41, 5.74) is 4.02. The molecule has 0 amide bonds. The number of nitrogens with two attached hydrogens (primary N) is 1. The molecule has 0 aromatic heterocycles. The summed E-state index contributed by atoms with van der Waals surface area (Å²) < 4.78 is 0. The fraction of sp³-hybridized carbons (Fsp3) is 0.600. The largest absolute Gasteiger partial charge is 0.480 e. The Morgan fingerprint density at radius 2 is 1.81 bits per heavy atom. The second-order valence-corrected chi connectivity index (χ2v) is 9.53. The summed E-state index contributed by atoms with van der Waals surface area (Å²) in [5, 5.41) is 10.6. The first-order chi connectivity index (χ1) is 11.8. The molecule has 3 N–H and O–H groups in total. The average Bonchev–Trinajstić information content (AvgIpc) is 2.52. The van der Waals surface area contributed by atoms with Gasteiger partial charge in [-0.05, 0) is 48.3 Å². The van der Waals surface area contributed by atoms with Crippen molar-refractivity contribution in [1.82, 2.24) is 0 Å². The van der Waals surface area contributed by atoms with Crippen molar-refractivity contribution in [2.75, 3.05) is 0 Å². The number of rotatable bonds is 4. The Kier molecular flexibility index (Phi) is 5.82. The zero-order chi connectivity index (χ0) is 19.9. The highest BCUT2D eigenvalue weighted by Gasteiger charge is 2.59. The van der Waals surface area contributed by atoms with E-state index >= 15 is 0 Å². The van der Waals surface area contributed by atoms with E-state index in [9.17, 15) is 14.7 Å². The van der Waals surface area contributed by atoms with E-state index in [2.05, 4.69) is 20.8 Å². The highest BCUT2D eigenvalue weighted by atomic mass is 35.5. The minimum absolute atomic E-state index is 0.0297. The summed E-state index contributed by atoms with van der Waals surface area (Å²) in [7, 11) is 0. The molecule has 1 aromatic rings. The number of carbonyl (C=O) groups is 2. The second kappa shape index (κ2) is 7.14. The Hall–Kier alpha value is -1.10. The van der Waals surface area contributed by atoms with Gasteiger partial charge in [-0.25, -0.2) is 0 Å². The van der Waals surface area contributed by atoms with E-state index in [-0.39, 0.29) is 30.0 Å². The molecule has 3 unspecified atom stereocenters. The number of aliphatic carboxylic acids is 1. The SMILES string of the molecule is CC(C)(C)C1CCC(N)(C(=O)O)C(C)(C(=O)Cc2c(Cl)cccc2Cl)C1. The van der Waals surface area contributed by atoms with Gasteiger partial charge in [0, 0.05) is 16.5 Å². The normalized spacial score (nSPS) is 29.4. The van der Waals surface area contributed by atoms with Crippen LogP contribution >= 0.6 is 23.2 Å². The van der Waals surface area contributed by atoms with Crippen LogP contribution < -0.4 is 5.73 Å². The highest BCUT2D eigenvalue weighted by molar-refractivity contribution is 6.36. The third-order valence-electron chi connectivity index (χ3n) is 6.15. The number of carbonyl (C=O) groups excluding carboxylic acids is 1. The molecule has 1 fully saturated rings. The van der Waals surface area contributed by atoms with Crippen molar-refractivity contribution in [3.05, 3.63) is 33.8 Å². The Balaban J connectivity index is 2.44. The number of hydrogen-bond acceptors (Lipinski definition) is 3. The Morgan fingerprint density at radius 3 is 2.27 bits per heavy atom. The van der Waals surface area contributed by atoms with Crippen LogP contribution in [0.5, 0.6) is 0 Å². The third-order valence-corrected chi connectivity index (χ3v) is 6.86. The van der Waals surface area contributed by atoms with Gasteiger partial charge < -0.3 is 10.8 Å². The summed E-state index contributed by atoms with van der Waals surface area (Å²) in [6, 6.07) is 5.05. The van der Waals surface area contributed by atoms with Gasteiger partial charge in [0.2, 0.25) is 0 Å². The minimum atomic E-state index is -1.60. The predicted octanol–water partition coefficient (Wildman–Crippen LogP) is 4.74. The molecule has 4 nitrogen and oxygen atoms in total. The lowest BCUT2D eigenvalue weighted by Crippen LogP contribution is -2.66. The lowest BCUT2D eigenvalue weighted by molar-refractivity contribution is -0.159.